The van der Waals surface area contributed by atoms with Crippen molar-refractivity contribution in [2.24, 2.45) is 0 Å². The van der Waals surface area contributed by atoms with Gasteiger partial charge in [-0.2, -0.15) is 0 Å². The fourth-order valence-electron chi connectivity index (χ4n) is 4.11. The highest BCUT2D eigenvalue weighted by atomic mass is 16.5. The van der Waals surface area contributed by atoms with E-state index in [0.717, 1.165) is 18.4 Å². The molecule has 174 valence electrons. The van der Waals surface area contributed by atoms with E-state index in [1.807, 2.05) is 18.2 Å². The summed E-state index contributed by atoms with van der Waals surface area (Å²) in [5, 5.41) is 2.26. The lowest BCUT2D eigenvalue weighted by molar-refractivity contribution is -0.144. The minimum atomic E-state index is -0.461. The largest absolute Gasteiger partial charge is 0.461 e. The van der Waals surface area contributed by atoms with Crippen molar-refractivity contribution in [2.75, 3.05) is 0 Å². The number of rotatable bonds is 14. The number of amides is 2. The van der Waals surface area contributed by atoms with Gasteiger partial charge >= 0.3 is 5.97 Å². The van der Waals surface area contributed by atoms with Crippen LogP contribution in [0, 0.1) is 0 Å². The topological polar surface area (TPSA) is 72.5 Å². The SMILES string of the molecule is C=CCCCCCCCCCc1ccc(COC(=O)Cc2cccc3c2C(=O)NC3=O)cc1. The Morgan fingerprint density at radius 1 is 0.848 bits per heavy atom. The predicted octanol–water partition coefficient (Wildman–Crippen LogP) is 5.71. The maximum absolute atomic E-state index is 12.3. The standard InChI is InChI=1S/C28H33NO4/c1-2-3-4-5-6-7-8-9-10-12-21-15-17-22(18-16-21)20-33-25(30)19-23-13-11-14-24-26(23)28(32)29-27(24)31/h2,11,13-18H,1,3-10,12,19-20H2,(H,29,31,32). The molecule has 0 aromatic heterocycles. The first-order valence-corrected chi connectivity index (χ1v) is 11.9. The lowest BCUT2D eigenvalue weighted by atomic mass is 10.0. The van der Waals surface area contributed by atoms with Gasteiger partial charge in [-0.15, -0.1) is 6.58 Å². The Morgan fingerprint density at radius 3 is 2.24 bits per heavy atom. The molecule has 3 rings (SSSR count). The first-order valence-electron chi connectivity index (χ1n) is 11.9. The van der Waals surface area contributed by atoms with E-state index in [1.165, 1.54) is 50.5 Å². The van der Waals surface area contributed by atoms with Gasteiger partial charge in [0.05, 0.1) is 17.5 Å². The van der Waals surface area contributed by atoms with Crippen LogP contribution < -0.4 is 5.32 Å². The fraction of sp³-hybridized carbons (Fsp3) is 0.393. The third kappa shape index (κ3) is 7.41. The molecule has 0 saturated carbocycles. The second kappa shape index (κ2) is 12.7. The molecule has 0 fully saturated rings. The summed E-state index contributed by atoms with van der Waals surface area (Å²) >= 11 is 0. The van der Waals surface area contributed by atoms with E-state index in [1.54, 1.807) is 18.2 Å². The highest BCUT2D eigenvalue weighted by Crippen LogP contribution is 2.21. The molecule has 2 amide bonds. The molecule has 0 spiro atoms. The summed E-state index contributed by atoms with van der Waals surface area (Å²) in [6.07, 6.45) is 13.1. The fourth-order valence-corrected chi connectivity index (χ4v) is 4.11. The van der Waals surface area contributed by atoms with Gasteiger partial charge in [0.1, 0.15) is 6.61 Å². The van der Waals surface area contributed by atoms with Crippen LogP contribution in [0.15, 0.2) is 55.1 Å². The first-order chi connectivity index (χ1) is 16.1. The molecule has 1 N–H and O–H groups in total. The lowest BCUT2D eigenvalue weighted by Crippen LogP contribution is -2.20. The van der Waals surface area contributed by atoms with Gasteiger partial charge < -0.3 is 4.74 Å². The Bertz CT molecular complexity index is 978. The van der Waals surface area contributed by atoms with Crippen LogP contribution in [-0.4, -0.2) is 17.8 Å². The molecule has 2 aromatic carbocycles. The smallest absolute Gasteiger partial charge is 0.310 e. The molecule has 0 saturated heterocycles. The zero-order chi connectivity index (χ0) is 23.5. The number of carbonyl (C=O) groups is 3. The van der Waals surface area contributed by atoms with Gasteiger partial charge in [-0.3, -0.25) is 19.7 Å². The highest BCUT2D eigenvalue weighted by Gasteiger charge is 2.29. The Hall–Kier alpha value is -3.21. The number of ether oxygens (including phenoxy) is 1. The molecule has 1 aliphatic heterocycles. The predicted molar refractivity (Wildman–Crippen MR) is 129 cm³/mol. The lowest BCUT2D eigenvalue weighted by Gasteiger charge is -2.08. The van der Waals surface area contributed by atoms with Crippen molar-refractivity contribution >= 4 is 17.8 Å². The molecule has 5 heteroatoms. The second-order valence-electron chi connectivity index (χ2n) is 8.58. The number of esters is 1. The summed E-state index contributed by atoms with van der Waals surface area (Å²) in [6, 6.07) is 13.1. The molecule has 0 radical (unpaired) electrons. The van der Waals surface area contributed by atoms with Crippen LogP contribution in [0.5, 0.6) is 0 Å². The highest BCUT2D eigenvalue weighted by molar-refractivity contribution is 6.22. The number of aryl methyl sites for hydroxylation is 1. The molecule has 5 nitrogen and oxygen atoms in total. The average Bonchev–Trinajstić information content (AvgIpc) is 3.11. The minimum Gasteiger partial charge on any atom is -0.461 e. The Kier molecular flexibility index (Phi) is 9.43. The van der Waals surface area contributed by atoms with E-state index in [0.29, 0.717) is 11.1 Å². The summed E-state index contributed by atoms with van der Waals surface area (Å²) in [6.45, 7) is 3.94. The van der Waals surface area contributed by atoms with Gasteiger partial charge in [0, 0.05) is 0 Å². The van der Waals surface area contributed by atoms with Crippen molar-refractivity contribution in [2.45, 2.75) is 70.8 Å². The monoisotopic (exact) mass is 447 g/mol. The summed E-state index contributed by atoms with van der Waals surface area (Å²) in [5.41, 5.74) is 3.32. The summed E-state index contributed by atoms with van der Waals surface area (Å²) in [5.74, 6) is -1.31. The van der Waals surface area contributed by atoms with E-state index in [2.05, 4.69) is 24.0 Å². The Morgan fingerprint density at radius 2 is 1.52 bits per heavy atom. The van der Waals surface area contributed by atoms with Gasteiger partial charge in [-0.1, -0.05) is 74.6 Å². The zero-order valence-corrected chi connectivity index (χ0v) is 19.2. The second-order valence-corrected chi connectivity index (χ2v) is 8.58. The number of nitrogens with one attached hydrogen (secondary N) is 1. The van der Waals surface area contributed by atoms with Crippen LogP contribution in [0.3, 0.4) is 0 Å². The third-order valence-electron chi connectivity index (χ3n) is 5.98. The van der Waals surface area contributed by atoms with Crippen molar-refractivity contribution in [1.29, 1.82) is 0 Å². The summed E-state index contributed by atoms with van der Waals surface area (Å²) in [7, 11) is 0. The number of hydrogen-bond acceptors (Lipinski definition) is 4. The Labute approximate surface area is 196 Å². The van der Waals surface area contributed by atoms with E-state index in [4.69, 9.17) is 4.74 Å². The van der Waals surface area contributed by atoms with Gasteiger partial charge in [0.25, 0.3) is 11.8 Å². The maximum atomic E-state index is 12.3. The van der Waals surface area contributed by atoms with E-state index < -0.39 is 17.8 Å². The van der Waals surface area contributed by atoms with Crippen LogP contribution in [0.4, 0.5) is 0 Å². The van der Waals surface area contributed by atoms with Crippen LogP contribution >= 0.6 is 0 Å². The molecular formula is C28H33NO4. The molecule has 1 aliphatic rings. The van der Waals surface area contributed by atoms with Crippen LogP contribution in [-0.2, 0) is 29.0 Å². The van der Waals surface area contributed by atoms with Crippen molar-refractivity contribution in [3.05, 3.63) is 82.9 Å². The first kappa shape index (κ1) is 24.4. The van der Waals surface area contributed by atoms with E-state index in [-0.39, 0.29) is 18.6 Å². The molecular weight excluding hydrogens is 414 g/mol. The molecule has 0 atom stereocenters. The molecule has 0 aliphatic carbocycles. The number of benzene rings is 2. The van der Waals surface area contributed by atoms with Gasteiger partial charge in [0.15, 0.2) is 0 Å². The summed E-state index contributed by atoms with van der Waals surface area (Å²) in [4.78, 5) is 36.0. The van der Waals surface area contributed by atoms with Crippen LogP contribution in [0.2, 0.25) is 0 Å². The van der Waals surface area contributed by atoms with Gasteiger partial charge in [0.2, 0.25) is 0 Å². The van der Waals surface area contributed by atoms with E-state index in [9.17, 15) is 14.4 Å². The maximum Gasteiger partial charge on any atom is 0.310 e. The number of carbonyl (C=O) groups excluding carboxylic acids is 3. The quantitative estimate of drug-likeness (QED) is 0.174. The molecule has 0 bridgehead atoms. The third-order valence-corrected chi connectivity index (χ3v) is 5.98. The van der Waals surface area contributed by atoms with Gasteiger partial charge in [-0.25, -0.2) is 0 Å². The molecule has 1 heterocycles. The van der Waals surface area contributed by atoms with Gasteiger partial charge in [-0.05, 0) is 48.4 Å². The number of hydrogen-bond donors (Lipinski definition) is 1. The zero-order valence-electron chi connectivity index (χ0n) is 19.2. The number of imide groups is 1. The molecule has 0 unspecified atom stereocenters. The average molecular weight is 448 g/mol. The number of allylic oxidation sites excluding steroid dienone is 1. The number of fused-ring (bicyclic) bond motifs is 1. The van der Waals surface area contributed by atoms with Crippen molar-refractivity contribution in [3.8, 4) is 0 Å². The van der Waals surface area contributed by atoms with Crippen molar-refractivity contribution in [3.63, 3.8) is 0 Å². The molecule has 2 aromatic rings. The summed E-state index contributed by atoms with van der Waals surface area (Å²) < 4.78 is 5.39. The Balaban J connectivity index is 1.35. The molecule has 33 heavy (non-hydrogen) atoms. The number of unbranched alkanes of at least 4 members (excludes halogenated alkanes) is 7. The van der Waals surface area contributed by atoms with Crippen molar-refractivity contribution < 1.29 is 19.1 Å². The normalized spacial score (nSPS) is 12.4. The van der Waals surface area contributed by atoms with Crippen LogP contribution in [0.1, 0.15) is 88.8 Å². The minimum absolute atomic E-state index is 0.0454. The van der Waals surface area contributed by atoms with E-state index >= 15 is 0 Å². The van der Waals surface area contributed by atoms with Crippen LogP contribution in [0.25, 0.3) is 0 Å². The van der Waals surface area contributed by atoms with Crippen molar-refractivity contribution in [1.82, 2.24) is 5.32 Å².